The van der Waals surface area contributed by atoms with Crippen molar-refractivity contribution in [3.63, 3.8) is 0 Å². The lowest BCUT2D eigenvalue weighted by Gasteiger charge is -2.16. The van der Waals surface area contributed by atoms with Gasteiger partial charge in [0.25, 0.3) is 5.56 Å². The second kappa shape index (κ2) is 9.49. The molecular formula is C23H11BrF7NO4S. The first-order chi connectivity index (χ1) is 17.3. The number of hydrogen-bond acceptors (Lipinski definition) is 4. The van der Waals surface area contributed by atoms with E-state index in [0.29, 0.717) is 12.1 Å². The summed E-state index contributed by atoms with van der Waals surface area (Å²) in [5, 5.41) is -0.0950. The highest BCUT2D eigenvalue weighted by Crippen LogP contribution is 2.33. The minimum absolute atomic E-state index is 0.00548. The fourth-order valence-electron chi connectivity index (χ4n) is 3.63. The number of pyridine rings is 1. The van der Waals surface area contributed by atoms with Crippen LogP contribution in [0.1, 0.15) is 5.56 Å². The molecule has 0 amide bonds. The van der Waals surface area contributed by atoms with Crippen molar-refractivity contribution in [1.29, 1.82) is 0 Å². The Morgan fingerprint density at radius 3 is 2.03 bits per heavy atom. The number of ether oxygens (including phenoxy) is 1. The molecule has 0 fully saturated rings. The number of sulfone groups is 1. The zero-order valence-electron chi connectivity index (χ0n) is 18.2. The molecule has 4 rings (SSSR count). The van der Waals surface area contributed by atoms with Gasteiger partial charge in [0.2, 0.25) is 5.82 Å². The lowest BCUT2D eigenvalue weighted by atomic mass is 10.2. The van der Waals surface area contributed by atoms with E-state index in [-0.39, 0.29) is 26.8 Å². The summed E-state index contributed by atoms with van der Waals surface area (Å²) in [7, 11) is -3.80. The van der Waals surface area contributed by atoms with Gasteiger partial charge in [-0.05, 0) is 40.2 Å². The van der Waals surface area contributed by atoms with Crippen LogP contribution >= 0.6 is 15.9 Å². The van der Waals surface area contributed by atoms with Crippen LogP contribution in [0.15, 0.2) is 50.6 Å². The lowest BCUT2D eigenvalue weighted by Crippen LogP contribution is -2.19. The van der Waals surface area contributed by atoms with Gasteiger partial charge in [-0.25, -0.2) is 39.2 Å². The number of aromatic nitrogens is 1. The third kappa shape index (κ3) is 4.48. The third-order valence-electron chi connectivity index (χ3n) is 5.38. The SMILES string of the molecule is COc1cc(Br)c(F)cc1-n1c(=O)ccc2cc(S(=O)(=O)Cc3c(F)c(F)c(F)c(F)c3F)c(F)cc21. The number of methoxy groups -OCH3 is 1. The van der Waals surface area contributed by atoms with Gasteiger partial charge in [0.05, 0.1) is 28.5 Å². The van der Waals surface area contributed by atoms with Crippen molar-refractivity contribution in [3.8, 4) is 11.4 Å². The molecule has 0 N–H and O–H groups in total. The van der Waals surface area contributed by atoms with E-state index in [4.69, 9.17) is 4.74 Å². The maximum Gasteiger partial charge on any atom is 0.255 e. The van der Waals surface area contributed by atoms with Gasteiger partial charge >= 0.3 is 0 Å². The number of fused-ring (bicyclic) bond motifs is 1. The van der Waals surface area contributed by atoms with Gasteiger partial charge in [-0.3, -0.25) is 9.36 Å². The summed E-state index contributed by atoms with van der Waals surface area (Å²) in [4.78, 5) is 11.5. The van der Waals surface area contributed by atoms with Crippen LogP contribution in [-0.2, 0) is 15.6 Å². The highest BCUT2D eigenvalue weighted by Gasteiger charge is 2.31. The molecule has 0 atom stereocenters. The zero-order chi connectivity index (χ0) is 27.4. The minimum Gasteiger partial charge on any atom is -0.495 e. The Morgan fingerprint density at radius 1 is 0.838 bits per heavy atom. The van der Waals surface area contributed by atoms with Gasteiger partial charge in [0.15, 0.2) is 33.1 Å². The summed E-state index contributed by atoms with van der Waals surface area (Å²) in [6, 6.07) is 5.49. The van der Waals surface area contributed by atoms with E-state index in [1.807, 2.05) is 0 Å². The van der Waals surface area contributed by atoms with Crippen molar-refractivity contribution in [2.75, 3.05) is 7.11 Å². The summed E-state index contributed by atoms with van der Waals surface area (Å²) < 4.78 is 129. The van der Waals surface area contributed by atoms with Crippen LogP contribution < -0.4 is 10.3 Å². The molecule has 14 heteroatoms. The quantitative estimate of drug-likeness (QED) is 0.165. The van der Waals surface area contributed by atoms with Gasteiger partial charge < -0.3 is 4.74 Å². The van der Waals surface area contributed by atoms with Crippen molar-refractivity contribution in [2.45, 2.75) is 10.6 Å². The van der Waals surface area contributed by atoms with Crippen LogP contribution in [0.3, 0.4) is 0 Å². The van der Waals surface area contributed by atoms with Crippen molar-refractivity contribution >= 4 is 36.7 Å². The van der Waals surface area contributed by atoms with Gasteiger partial charge in [-0.2, -0.15) is 0 Å². The molecule has 0 saturated carbocycles. The molecule has 0 saturated heterocycles. The molecular weight excluding hydrogens is 599 g/mol. The second-order valence-electron chi connectivity index (χ2n) is 7.59. The normalized spacial score (nSPS) is 11.8. The zero-order valence-corrected chi connectivity index (χ0v) is 20.6. The van der Waals surface area contributed by atoms with Crippen LogP contribution in [0.2, 0.25) is 0 Å². The highest BCUT2D eigenvalue weighted by molar-refractivity contribution is 9.10. The summed E-state index contributed by atoms with van der Waals surface area (Å²) in [5.74, 6) is -16.0. The Kier molecular flexibility index (Phi) is 6.84. The molecule has 0 unspecified atom stereocenters. The molecule has 0 radical (unpaired) electrons. The van der Waals surface area contributed by atoms with Gasteiger partial charge in [0.1, 0.15) is 22.3 Å². The smallest absolute Gasteiger partial charge is 0.255 e. The van der Waals surface area contributed by atoms with Gasteiger partial charge in [-0.15, -0.1) is 0 Å². The number of nitrogens with zero attached hydrogens (tertiary/aromatic N) is 1. The number of hydrogen-bond donors (Lipinski definition) is 0. The number of rotatable bonds is 5. The first kappa shape index (κ1) is 26.7. The molecule has 194 valence electrons. The summed E-state index contributed by atoms with van der Waals surface area (Å²) in [6.45, 7) is 0. The number of benzene rings is 3. The Morgan fingerprint density at radius 2 is 1.43 bits per heavy atom. The molecule has 0 aliphatic carbocycles. The van der Waals surface area contributed by atoms with Crippen molar-refractivity contribution < 1.29 is 43.9 Å². The predicted molar refractivity (Wildman–Crippen MR) is 121 cm³/mol. The molecule has 0 spiro atoms. The second-order valence-corrected chi connectivity index (χ2v) is 10.4. The van der Waals surface area contributed by atoms with Crippen LogP contribution in [0, 0.1) is 40.7 Å². The van der Waals surface area contributed by atoms with Gasteiger partial charge in [0, 0.05) is 23.1 Å². The molecule has 3 aromatic carbocycles. The van der Waals surface area contributed by atoms with E-state index in [0.717, 1.165) is 22.8 Å². The molecule has 5 nitrogen and oxygen atoms in total. The van der Waals surface area contributed by atoms with E-state index in [1.54, 1.807) is 0 Å². The van der Waals surface area contributed by atoms with E-state index >= 15 is 4.39 Å². The number of halogens is 8. The predicted octanol–water partition coefficient (Wildman–Crippen LogP) is 5.71. The molecule has 1 heterocycles. The summed E-state index contributed by atoms with van der Waals surface area (Å²) >= 11 is 2.96. The fraction of sp³-hybridized carbons (Fsp3) is 0.0870. The Balaban J connectivity index is 1.92. The van der Waals surface area contributed by atoms with E-state index in [9.17, 15) is 39.6 Å². The lowest BCUT2D eigenvalue weighted by molar-refractivity contribution is 0.372. The van der Waals surface area contributed by atoms with Crippen LogP contribution in [0.25, 0.3) is 16.6 Å². The fourth-order valence-corrected chi connectivity index (χ4v) is 5.40. The maximum absolute atomic E-state index is 15.1. The van der Waals surface area contributed by atoms with E-state index in [1.165, 1.54) is 13.2 Å². The molecule has 0 aliphatic rings. The van der Waals surface area contributed by atoms with Gasteiger partial charge in [-0.1, -0.05) is 0 Å². The Labute approximate surface area is 211 Å². The van der Waals surface area contributed by atoms with E-state index in [2.05, 4.69) is 15.9 Å². The average molecular weight is 610 g/mol. The topological polar surface area (TPSA) is 65.4 Å². The highest BCUT2D eigenvalue weighted by atomic mass is 79.9. The van der Waals surface area contributed by atoms with Crippen molar-refractivity contribution in [2.24, 2.45) is 0 Å². The first-order valence-electron chi connectivity index (χ1n) is 9.90. The van der Waals surface area contributed by atoms with Crippen molar-refractivity contribution in [1.82, 2.24) is 4.57 Å². The first-order valence-corrected chi connectivity index (χ1v) is 12.3. The van der Waals surface area contributed by atoms with Crippen LogP contribution in [-0.4, -0.2) is 20.1 Å². The molecule has 37 heavy (non-hydrogen) atoms. The third-order valence-corrected chi connectivity index (χ3v) is 7.64. The molecule has 1 aromatic heterocycles. The summed E-state index contributed by atoms with van der Waals surface area (Å²) in [6.07, 6.45) is 0. The molecule has 0 bridgehead atoms. The van der Waals surface area contributed by atoms with Crippen LogP contribution in [0.4, 0.5) is 30.7 Å². The van der Waals surface area contributed by atoms with Crippen LogP contribution in [0.5, 0.6) is 5.75 Å². The van der Waals surface area contributed by atoms with E-state index < -0.39 is 72.3 Å². The Hall–Kier alpha value is -3.39. The molecule has 0 aliphatic heterocycles. The van der Waals surface area contributed by atoms with Crippen molar-refractivity contribution in [3.05, 3.63) is 97.5 Å². The molecule has 4 aromatic rings. The monoisotopic (exact) mass is 609 g/mol. The minimum atomic E-state index is -5.03. The maximum atomic E-state index is 15.1. The Bertz CT molecular complexity index is 1750. The largest absolute Gasteiger partial charge is 0.495 e. The summed E-state index contributed by atoms with van der Waals surface area (Å²) in [5.41, 5.74) is -2.84. The standard InChI is InChI=1S/C23H11BrF7NO4S/c1-36-16-5-11(24)12(25)6-15(16)32-14-7-13(26)17(4-9(14)2-3-18(32)33)37(34,35)8-10-19(27)21(29)23(31)22(30)20(10)28/h2-7H,8H2,1H3. The average Bonchev–Trinajstić information content (AvgIpc) is 2.85.